The predicted octanol–water partition coefficient (Wildman–Crippen LogP) is 17.0. The first kappa shape index (κ1) is 90.1. The number of hydrogen-bond acceptors (Lipinski definition) is 26. The van der Waals surface area contributed by atoms with E-state index in [-0.39, 0.29) is 78.4 Å². The van der Waals surface area contributed by atoms with Crippen LogP contribution in [0.3, 0.4) is 0 Å². The van der Waals surface area contributed by atoms with E-state index in [1.807, 2.05) is 48.5 Å². The van der Waals surface area contributed by atoms with Gasteiger partial charge in [0.1, 0.15) is 62.4 Å². The fourth-order valence-corrected chi connectivity index (χ4v) is 18.8. The zero-order chi connectivity index (χ0) is 88.7. The van der Waals surface area contributed by atoms with E-state index in [9.17, 15) is 66.1 Å². The van der Waals surface area contributed by atoms with Crippen LogP contribution in [0, 0.1) is 13.8 Å². The summed E-state index contributed by atoms with van der Waals surface area (Å²) in [6, 6.07) is 60.6. The lowest BCUT2D eigenvalue weighted by atomic mass is 9.87. The standard InChI is InChI=1S/C20H20O5S.C19H18O5S.C18H16O5S.C17H14O6S.C16H11BrO5S/c1-20(2,3)14-6-9-16(10-7-14)26(22,23)18-11-13-5-8-15(24-4)12-17(13)25-19(18)21;1-12(2)13-5-8-16(9-6-13)25(21,22)18-10-14-4-7-15(23-3)11-17(14)24-19(18)20;1-11-4-7-15(8-12(11)2)24(20,21)17-9-13-5-6-14(22-3)10-16(13)23-18(17)19;1-21-12-5-7-14(8-6-12)24(19,20)16-9-11-3-4-13(22-2)10-15(11)23-17(16)18;1-21-12-5-2-10-8-15(16(18)22-14(10)9-12)23(19,20)13-6-3-11(17)4-7-13/h5-12H,1-4H3;4-12H,1-3H3;4-10H,1-3H3;3-10H,1-2H3;2-9H,1H3. The lowest BCUT2D eigenvalue weighted by Gasteiger charge is -2.19. The van der Waals surface area contributed by atoms with Crippen molar-refractivity contribution in [1.82, 2.24) is 0 Å². The average Bonchev–Trinajstić information content (AvgIpc) is 0.783. The van der Waals surface area contributed by atoms with Gasteiger partial charge >= 0.3 is 28.1 Å². The van der Waals surface area contributed by atoms with Crippen molar-refractivity contribution < 1.29 is 92.6 Å². The fourth-order valence-electron chi connectivity index (χ4n) is 12.0. The molecule has 0 spiro atoms. The largest absolute Gasteiger partial charge is 0.497 e. The molecule has 0 saturated heterocycles. The third-order valence-electron chi connectivity index (χ3n) is 19.2. The van der Waals surface area contributed by atoms with E-state index >= 15 is 0 Å². The van der Waals surface area contributed by atoms with E-state index in [1.54, 1.807) is 127 Å². The molecule has 10 aromatic carbocycles. The van der Waals surface area contributed by atoms with Gasteiger partial charge in [0.15, 0.2) is 24.5 Å². The van der Waals surface area contributed by atoms with Gasteiger partial charge in [-0.25, -0.2) is 66.1 Å². The van der Waals surface area contributed by atoms with E-state index in [0.717, 1.165) is 26.7 Å². The molecule has 5 heterocycles. The molecule has 0 unspecified atom stereocenters. The summed E-state index contributed by atoms with van der Waals surface area (Å²) in [5, 5.41) is 2.52. The molecule has 0 aliphatic heterocycles. The lowest BCUT2D eigenvalue weighted by molar-refractivity contribution is 0.413. The van der Waals surface area contributed by atoms with Crippen LogP contribution in [0.4, 0.5) is 0 Å². The quantitative estimate of drug-likeness (QED) is 0.0764. The van der Waals surface area contributed by atoms with Crippen LogP contribution in [-0.4, -0.2) is 84.7 Å². The summed E-state index contributed by atoms with van der Waals surface area (Å²) < 4.78 is 185. The highest BCUT2D eigenvalue weighted by Gasteiger charge is 2.30. The van der Waals surface area contributed by atoms with Crippen LogP contribution >= 0.6 is 15.9 Å². The smallest absolute Gasteiger partial charge is 0.355 e. The molecular weight excluding hydrogens is 1740 g/mol. The number of ether oxygens (including phenoxy) is 6. The third kappa shape index (κ3) is 19.8. The second kappa shape index (κ2) is 36.7. The Morgan fingerprint density at radius 1 is 0.279 bits per heavy atom. The maximum Gasteiger partial charge on any atom is 0.355 e. The topological polar surface area (TPSA) is 377 Å². The Bertz CT molecular complexity index is 7440. The van der Waals surface area contributed by atoms with Crippen LogP contribution in [0.15, 0.2) is 336 Å². The Morgan fingerprint density at radius 2 is 0.508 bits per heavy atom. The highest BCUT2D eigenvalue weighted by atomic mass is 79.9. The summed E-state index contributed by atoms with van der Waals surface area (Å²) >= 11 is 3.24. The van der Waals surface area contributed by atoms with Gasteiger partial charge in [-0.3, -0.25) is 0 Å². The molecule has 32 heteroatoms. The first-order valence-electron chi connectivity index (χ1n) is 36.7. The zero-order valence-corrected chi connectivity index (χ0v) is 73.3. The van der Waals surface area contributed by atoms with Gasteiger partial charge in [-0.05, 0) is 223 Å². The lowest BCUT2D eigenvalue weighted by Crippen LogP contribution is -2.15. The first-order valence-corrected chi connectivity index (χ1v) is 44.9. The van der Waals surface area contributed by atoms with Crippen LogP contribution < -0.4 is 56.5 Å². The SMILES string of the molecule is COc1ccc(S(=O)(=O)c2cc3ccc(OC)cc3oc2=O)cc1.COc1ccc2cc(S(=O)(=O)c3ccc(Br)cc3)c(=O)oc2c1.COc1ccc2cc(S(=O)(=O)c3ccc(C(C)(C)C)cc3)c(=O)oc2c1.COc1ccc2cc(S(=O)(=O)c3ccc(C(C)C)cc3)c(=O)oc2c1.COc1ccc2cc(S(=O)(=O)c3ccc(C)c(C)c3)c(=O)oc2c1. The molecule has 0 atom stereocenters. The van der Waals surface area contributed by atoms with Gasteiger partial charge in [-0.15, -0.1) is 0 Å². The molecule has 0 aliphatic rings. The molecule has 26 nitrogen and oxygen atoms in total. The molecule has 0 aliphatic carbocycles. The molecule has 0 N–H and O–H groups in total. The zero-order valence-electron chi connectivity index (χ0n) is 67.6. The van der Waals surface area contributed by atoms with Crippen molar-refractivity contribution in [1.29, 1.82) is 0 Å². The van der Waals surface area contributed by atoms with E-state index in [2.05, 4.69) is 15.9 Å². The van der Waals surface area contributed by atoms with Crippen molar-refractivity contribution in [2.45, 2.75) is 109 Å². The van der Waals surface area contributed by atoms with Crippen LogP contribution in [0.2, 0.25) is 0 Å². The van der Waals surface area contributed by atoms with Gasteiger partial charge in [-0.1, -0.05) is 80.9 Å². The molecule has 15 aromatic rings. The predicted molar refractivity (Wildman–Crippen MR) is 461 cm³/mol. The van der Waals surface area contributed by atoms with Crippen LogP contribution in [0.25, 0.3) is 54.8 Å². The molecule has 122 heavy (non-hydrogen) atoms. The summed E-state index contributed by atoms with van der Waals surface area (Å²) in [5.74, 6) is 3.41. The Kier molecular flexibility index (Phi) is 27.1. The minimum absolute atomic E-state index is 0.0107. The van der Waals surface area contributed by atoms with Gasteiger partial charge in [0.2, 0.25) is 49.2 Å². The van der Waals surface area contributed by atoms with Crippen LogP contribution in [0.1, 0.15) is 62.8 Å². The van der Waals surface area contributed by atoms with Gasteiger partial charge in [0, 0.05) is 61.7 Å². The number of hydrogen-bond donors (Lipinski definition) is 0. The molecule has 0 radical (unpaired) electrons. The van der Waals surface area contributed by atoms with E-state index in [1.165, 1.54) is 152 Å². The van der Waals surface area contributed by atoms with Crippen molar-refractivity contribution in [2.75, 3.05) is 42.7 Å². The minimum Gasteiger partial charge on any atom is -0.497 e. The summed E-state index contributed by atoms with van der Waals surface area (Å²) in [6.07, 6.45) is 0. The number of rotatable bonds is 17. The molecule has 5 aromatic heterocycles. The average molecular weight is 1820 g/mol. The Balaban J connectivity index is 0.000000149. The molecule has 15 rings (SSSR count). The van der Waals surface area contributed by atoms with Crippen molar-refractivity contribution in [3.05, 3.63) is 315 Å². The molecule has 0 amide bonds. The first-order chi connectivity index (χ1) is 57.6. The molecular formula is C90H79BrO26S5. The van der Waals surface area contributed by atoms with Gasteiger partial charge < -0.3 is 50.5 Å². The number of halogens is 1. The fraction of sp³-hybridized carbons (Fsp3) is 0.167. The monoisotopic (exact) mass is 1810 g/mol. The number of aryl methyl sites for hydroxylation is 2. The van der Waals surface area contributed by atoms with E-state index in [4.69, 9.17) is 50.5 Å². The highest BCUT2D eigenvalue weighted by Crippen LogP contribution is 2.34. The van der Waals surface area contributed by atoms with Crippen molar-refractivity contribution in [3.63, 3.8) is 0 Å². The van der Waals surface area contributed by atoms with Gasteiger partial charge in [0.05, 0.1) is 67.1 Å². The highest BCUT2D eigenvalue weighted by molar-refractivity contribution is 9.10. The summed E-state index contributed by atoms with van der Waals surface area (Å²) in [5.41, 5.74) is 0.589. The Labute approximate surface area is 708 Å². The van der Waals surface area contributed by atoms with Gasteiger partial charge in [0.25, 0.3) is 0 Å². The summed E-state index contributed by atoms with van der Waals surface area (Å²) in [4.78, 5) is 59.3. The summed E-state index contributed by atoms with van der Waals surface area (Å²) in [6.45, 7) is 13.9. The molecule has 0 bridgehead atoms. The minimum atomic E-state index is -3.99. The second-order valence-electron chi connectivity index (χ2n) is 28.4. The van der Waals surface area contributed by atoms with Gasteiger partial charge in [-0.2, -0.15) is 0 Å². The van der Waals surface area contributed by atoms with E-state index < -0.39 is 87.1 Å². The number of fused-ring (bicyclic) bond motifs is 5. The second-order valence-corrected chi connectivity index (χ2v) is 38.9. The Hall–Kier alpha value is -12.7. The molecule has 632 valence electrons. The van der Waals surface area contributed by atoms with Crippen molar-refractivity contribution in [3.8, 4) is 34.5 Å². The normalized spacial score (nSPS) is 11.8. The summed E-state index contributed by atoms with van der Waals surface area (Å²) in [7, 11) is -10.9. The van der Waals surface area contributed by atoms with Crippen LogP contribution in [-0.2, 0) is 54.6 Å². The molecule has 0 fully saturated rings. The molecule has 0 saturated carbocycles. The van der Waals surface area contributed by atoms with Crippen molar-refractivity contribution in [2.24, 2.45) is 0 Å². The van der Waals surface area contributed by atoms with Crippen LogP contribution in [0.5, 0.6) is 34.5 Å². The van der Waals surface area contributed by atoms with E-state index in [0.29, 0.717) is 61.4 Å². The maximum absolute atomic E-state index is 12.9. The maximum atomic E-state index is 12.9. The third-order valence-corrected chi connectivity index (χ3v) is 28.5. The number of benzene rings is 10. The Morgan fingerprint density at radius 3 is 0.754 bits per heavy atom. The van der Waals surface area contributed by atoms with Crippen molar-refractivity contribution >= 4 is 120 Å². The number of sulfone groups is 5. The number of methoxy groups -OCH3 is 6.